The Balaban J connectivity index is 2.12. The molecule has 1 aliphatic heterocycles. The number of nitrogens with two attached hydrogens (primary N) is 1. The fraction of sp³-hybridized carbons (Fsp3) is 0.467. The maximum atomic E-state index is 12.4. The van der Waals surface area contributed by atoms with Crippen molar-refractivity contribution in [2.75, 3.05) is 18.8 Å². The largest absolute Gasteiger partial charge is 0.320 e. The van der Waals surface area contributed by atoms with Crippen LogP contribution in [0.25, 0.3) is 0 Å². The summed E-state index contributed by atoms with van der Waals surface area (Å²) in [5.41, 5.74) is 5.98. The molecule has 0 aromatic heterocycles. The van der Waals surface area contributed by atoms with E-state index in [0.29, 0.717) is 12.1 Å². The SMILES string of the molecule is CC1(CNS(=O)(=O)c2cccc(C#CCN)c2)CCCS1. The fourth-order valence-electron chi connectivity index (χ4n) is 2.20. The number of hydrogen-bond donors (Lipinski definition) is 2. The highest BCUT2D eigenvalue weighted by atomic mass is 32.2. The van der Waals surface area contributed by atoms with Gasteiger partial charge in [0.2, 0.25) is 10.0 Å². The summed E-state index contributed by atoms with van der Waals surface area (Å²) in [6.45, 7) is 2.82. The summed E-state index contributed by atoms with van der Waals surface area (Å²) in [4.78, 5) is 0.248. The molecule has 1 unspecified atom stereocenters. The van der Waals surface area contributed by atoms with Crippen LogP contribution in [0.4, 0.5) is 0 Å². The lowest BCUT2D eigenvalue weighted by Gasteiger charge is -2.22. The third kappa shape index (κ3) is 4.48. The molecule has 2 rings (SSSR count). The summed E-state index contributed by atoms with van der Waals surface area (Å²) in [6.07, 6.45) is 2.19. The highest BCUT2D eigenvalue weighted by Crippen LogP contribution is 2.37. The molecule has 0 bridgehead atoms. The molecule has 0 aliphatic carbocycles. The predicted octanol–water partition coefficient (Wildman–Crippen LogP) is 1.56. The van der Waals surface area contributed by atoms with Gasteiger partial charge in [0.05, 0.1) is 11.4 Å². The summed E-state index contributed by atoms with van der Waals surface area (Å²) >= 11 is 1.83. The molecule has 0 saturated carbocycles. The molecular weight excluding hydrogens is 304 g/mol. The van der Waals surface area contributed by atoms with E-state index in [4.69, 9.17) is 5.73 Å². The second kappa shape index (κ2) is 6.84. The molecule has 0 spiro atoms. The maximum Gasteiger partial charge on any atom is 0.240 e. The molecule has 1 fully saturated rings. The summed E-state index contributed by atoms with van der Waals surface area (Å²) in [5.74, 6) is 6.67. The molecule has 0 radical (unpaired) electrons. The molecule has 1 aliphatic rings. The van der Waals surface area contributed by atoms with Crippen LogP contribution in [0, 0.1) is 11.8 Å². The van der Waals surface area contributed by atoms with Crippen LogP contribution >= 0.6 is 11.8 Å². The second-order valence-corrected chi connectivity index (χ2v) is 8.71. The average molecular weight is 324 g/mol. The molecule has 3 N–H and O–H groups in total. The van der Waals surface area contributed by atoms with Crippen molar-refractivity contribution in [3.8, 4) is 11.8 Å². The predicted molar refractivity (Wildman–Crippen MR) is 87.7 cm³/mol. The van der Waals surface area contributed by atoms with Gasteiger partial charge >= 0.3 is 0 Å². The van der Waals surface area contributed by atoms with Crippen LogP contribution < -0.4 is 10.5 Å². The molecule has 1 heterocycles. The van der Waals surface area contributed by atoms with Gasteiger partial charge < -0.3 is 5.73 Å². The third-order valence-corrected chi connectivity index (χ3v) is 6.35. The van der Waals surface area contributed by atoms with Gasteiger partial charge in [-0.1, -0.05) is 17.9 Å². The van der Waals surface area contributed by atoms with E-state index in [-0.39, 0.29) is 16.2 Å². The summed E-state index contributed by atoms with van der Waals surface area (Å²) in [6, 6.07) is 6.63. The van der Waals surface area contributed by atoms with E-state index in [0.717, 1.165) is 18.6 Å². The number of nitrogens with one attached hydrogen (secondary N) is 1. The number of sulfonamides is 1. The zero-order chi connectivity index (χ0) is 15.3. The van der Waals surface area contributed by atoms with E-state index >= 15 is 0 Å². The molecular formula is C15H20N2O2S2. The van der Waals surface area contributed by atoms with Crippen molar-refractivity contribution >= 4 is 21.8 Å². The van der Waals surface area contributed by atoms with Crippen molar-refractivity contribution in [3.05, 3.63) is 29.8 Å². The van der Waals surface area contributed by atoms with Gasteiger partial charge in [-0.15, -0.1) is 0 Å². The highest BCUT2D eigenvalue weighted by Gasteiger charge is 2.31. The van der Waals surface area contributed by atoms with Gasteiger partial charge in [0.15, 0.2) is 0 Å². The first kappa shape index (κ1) is 16.4. The number of rotatable bonds is 4. The normalized spacial score (nSPS) is 21.8. The van der Waals surface area contributed by atoms with Crippen molar-refractivity contribution in [1.82, 2.24) is 4.72 Å². The van der Waals surface area contributed by atoms with E-state index in [1.165, 1.54) is 0 Å². The van der Waals surface area contributed by atoms with E-state index < -0.39 is 10.0 Å². The first-order valence-corrected chi connectivity index (χ1v) is 9.35. The van der Waals surface area contributed by atoms with Crippen LogP contribution in [0.15, 0.2) is 29.2 Å². The molecule has 1 aromatic rings. The van der Waals surface area contributed by atoms with E-state index in [9.17, 15) is 8.42 Å². The Morgan fingerprint density at radius 1 is 1.48 bits per heavy atom. The first-order valence-electron chi connectivity index (χ1n) is 6.88. The van der Waals surface area contributed by atoms with Gasteiger partial charge in [-0.3, -0.25) is 0 Å². The van der Waals surface area contributed by atoms with E-state index in [1.807, 2.05) is 11.8 Å². The van der Waals surface area contributed by atoms with Gasteiger partial charge in [-0.25, -0.2) is 13.1 Å². The summed E-state index contributed by atoms with van der Waals surface area (Å²) in [5, 5.41) is 0. The standard InChI is InChI=1S/C15H20N2O2S2/c1-15(8-4-10-20-15)12-17-21(18,19)14-7-2-5-13(11-14)6-3-9-16/h2,5,7,11,17H,4,8-10,12,16H2,1H3. The molecule has 1 saturated heterocycles. The molecule has 0 amide bonds. The lowest BCUT2D eigenvalue weighted by molar-refractivity contribution is 0.552. The molecule has 6 heteroatoms. The number of hydrogen-bond acceptors (Lipinski definition) is 4. The summed E-state index contributed by atoms with van der Waals surface area (Å²) < 4.78 is 27.5. The molecule has 21 heavy (non-hydrogen) atoms. The van der Waals surface area contributed by atoms with Crippen LogP contribution in [0.1, 0.15) is 25.3 Å². The van der Waals surface area contributed by atoms with E-state index in [2.05, 4.69) is 23.5 Å². The molecule has 1 atom stereocenters. The van der Waals surface area contributed by atoms with Gasteiger partial charge in [-0.05, 0) is 43.7 Å². The quantitative estimate of drug-likeness (QED) is 0.825. The Morgan fingerprint density at radius 2 is 2.29 bits per heavy atom. The zero-order valence-corrected chi connectivity index (χ0v) is 13.7. The van der Waals surface area contributed by atoms with Crippen molar-refractivity contribution in [1.29, 1.82) is 0 Å². The Hall–Kier alpha value is -1.00. The van der Waals surface area contributed by atoms with E-state index in [1.54, 1.807) is 24.3 Å². The average Bonchev–Trinajstić information content (AvgIpc) is 2.91. The topological polar surface area (TPSA) is 72.2 Å². The monoisotopic (exact) mass is 324 g/mol. The van der Waals surface area contributed by atoms with Crippen LogP contribution in [-0.4, -0.2) is 32.0 Å². The number of thioether (sulfide) groups is 1. The minimum absolute atomic E-state index is 0.00400. The molecule has 1 aromatic carbocycles. The molecule has 4 nitrogen and oxygen atoms in total. The van der Waals surface area contributed by atoms with Gasteiger partial charge in [0, 0.05) is 16.9 Å². The van der Waals surface area contributed by atoms with Crippen LogP contribution in [0.3, 0.4) is 0 Å². The fourth-order valence-corrected chi connectivity index (χ4v) is 4.75. The number of benzene rings is 1. The van der Waals surface area contributed by atoms with Crippen LogP contribution in [-0.2, 0) is 10.0 Å². The zero-order valence-electron chi connectivity index (χ0n) is 12.1. The lowest BCUT2D eigenvalue weighted by Crippen LogP contribution is -2.36. The third-order valence-electron chi connectivity index (χ3n) is 3.42. The van der Waals surface area contributed by atoms with Gasteiger partial charge in [0.1, 0.15) is 0 Å². The van der Waals surface area contributed by atoms with Gasteiger partial charge in [-0.2, -0.15) is 11.8 Å². The maximum absolute atomic E-state index is 12.4. The summed E-state index contributed by atoms with van der Waals surface area (Å²) in [7, 11) is -3.50. The van der Waals surface area contributed by atoms with Crippen molar-refractivity contribution < 1.29 is 8.42 Å². The minimum Gasteiger partial charge on any atom is -0.320 e. The van der Waals surface area contributed by atoms with Crippen molar-refractivity contribution in [2.24, 2.45) is 5.73 Å². The first-order chi connectivity index (χ1) is 9.95. The Kier molecular flexibility index (Phi) is 5.33. The highest BCUT2D eigenvalue weighted by molar-refractivity contribution is 8.01. The lowest BCUT2D eigenvalue weighted by atomic mass is 10.1. The Labute approximate surface area is 130 Å². The second-order valence-electron chi connectivity index (χ2n) is 5.26. The van der Waals surface area contributed by atoms with Crippen LogP contribution in [0.2, 0.25) is 0 Å². The smallest absolute Gasteiger partial charge is 0.240 e. The van der Waals surface area contributed by atoms with Crippen molar-refractivity contribution in [3.63, 3.8) is 0 Å². The van der Waals surface area contributed by atoms with Crippen LogP contribution in [0.5, 0.6) is 0 Å². The minimum atomic E-state index is -3.50. The molecule has 114 valence electrons. The Morgan fingerprint density at radius 3 is 2.95 bits per heavy atom. The van der Waals surface area contributed by atoms with Crippen molar-refractivity contribution in [2.45, 2.75) is 29.4 Å². The Bertz CT molecular complexity index is 654. The van der Waals surface area contributed by atoms with Gasteiger partial charge in [0.25, 0.3) is 0 Å².